The minimum Gasteiger partial charge on any atom is -0.438 e. The largest absolute Gasteiger partial charge is 0.438 e. The van der Waals surface area contributed by atoms with E-state index in [0.29, 0.717) is 38.5 Å². The van der Waals surface area contributed by atoms with E-state index in [9.17, 15) is 9.59 Å². The molecule has 0 aliphatic rings. The number of para-hydroxylation sites is 1. The second kappa shape index (κ2) is 8.20. The van der Waals surface area contributed by atoms with Crippen molar-refractivity contribution in [2.45, 2.75) is 6.92 Å². The van der Waals surface area contributed by atoms with E-state index < -0.39 is 0 Å². The Kier molecular flexibility index (Phi) is 5.74. The standard InChI is InChI=1S/C20H14Cl2N2O3/c1-12(25)15-4-2-3-5-18(15)27-19-9-7-14(11-23-19)24-20(26)13-6-8-16(21)17(22)10-13/h2-11H,1H3,(H,24,26). The zero-order valence-corrected chi connectivity index (χ0v) is 15.7. The predicted octanol–water partition coefficient (Wildman–Crippen LogP) is 5.64. The van der Waals surface area contributed by atoms with Crippen molar-refractivity contribution in [2.24, 2.45) is 0 Å². The van der Waals surface area contributed by atoms with Crippen LogP contribution in [-0.4, -0.2) is 16.7 Å². The quantitative estimate of drug-likeness (QED) is 0.562. The van der Waals surface area contributed by atoms with Crippen LogP contribution in [0.5, 0.6) is 11.6 Å². The summed E-state index contributed by atoms with van der Waals surface area (Å²) in [6, 6.07) is 14.8. The van der Waals surface area contributed by atoms with E-state index >= 15 is 0 Å². The first-order chi connectivity index (χ1) is 12.9. The number of ether oxygens (including phenoxy) is 1. The second-order valence-corrected chi connectivity index (χ2v) is 6.44. The van der Waals surface area contributed by atoms with Crippen LogP contribution in [0.4, 0.5) is 5.69 Å². The number of Topliss-reactive ketones (excluding diaryl/α,β-unsaturated/α-hetero) is 1. The summed E-state index contributed by atoms with van der Waals surface area (Å²) in [5.41, 5.74) is 1.33. The van der Waals surface area contributed by atoms with Gasteiger partial charge >= 0.3 is 0 Å². The normalized spacial score (nSPS) is 10.3. The third-order valence-electron chi connectivity index (χ3n) is 3.66. The number of nitrogens with zero attached hydrogens (tertiary/aromatic N) is 1. The molecule has 1 heterocycles. The Balaban J connectivity index is 1.71. The summed E-state index contributed by atoms with van der Waals surface area (Å²) >= 11 is 11.8. The molecule has 5 nitrogen and oxygen atoms in total. The number of carbonyl (C=O) groups is 2. The Morgan fingerprint density at radius 2 is 1.78 bits per heavy atom. The molecule has 0 fully saturated rings. The predicted molar refractivity (Wildman–Crippen MR) is 105 cm³/mol. The fourth-order valence-corrected chi connectivity index (χ4v) is 2.61. The number of benzene rings is 2. The number of hydrogen-bond acceptors (Lipinski definition) is 4. The molecule has 0 aliphatic heterocycles. The van der Waals surface area contributed by atoms with Crippen LogP contribution in [-0.2, 0) is 0 Å². The fraction of sp³-hybridized carbons (Fsp3) is 0.0500. The number of anilines is 1. The third kappa shape index (κ3) is 4.64. The maximum Gasteiger partial charge on any atom is 0.255 e. The molecular weight excluding hydrogens is 387 g/mol. The van der Waals surface area contributed by atoms with E-state index in [1.54, 1.807) is 48.5 Å². The van der Waals surface area contributed by atoms with Crippen molar-refractivity contribution in [1.29, 1.82) is 0 Å². The molecule has 0 saturated heterocycles. The average molecular weight is 401 g/mol. The minimum absolute atomic E-state index is 0.101. The lowest BCUT2D eigenvalue weighted by molar-refractivity contribution is 0.101. The molecule has 1 aromatic heterocycles. The number of ketones is 1. The van der Waals surface area contributed by atoms with Gasteiger partial charge in [-0.2, -0.15) is 0 Å². The van der Waals surface area contributed by atoms with Crippen LogP contribution >= 0.6 is 23.2 Å². The highest BCUT2D eigenvalue weighted by Gasteiger charge is 2.11. The lowest BCUT2D eigenvalue weighted by atomic mass is 10.1. The topological polar surface area (TPSA) is 68.3 Å². The molecule has 0 radical (unpaired) electrons. The van der Waals surface area contributed by atoms with Crippen molar-refractivity contribution >= 4 is 40.6 Å². The minimum atomic E-state index is -0.342. The molecule has 3 rings (SSSR count). The summed E-state index contributed by atoms with van der Waals surface area (Å²) in [4.78, 5) is 28.1. The number of halogens is 2. The number of nitrogens with one attached hydrogen (secondary N) is 1. The molecule has 0 bridgehead atoms. The SMILES string of the molecule is CC(=O)c1ccccc1Oc1ccc(NC(=O)c2ccc(Cl)c(Cl)c2)cn1. The maximum absolute atomic E-state index is 12.3. The van der Waals surface area contributed by atoms with E-state index in [2.05, 4.69) is 10.3 Å². The van der Waals surface area contributed by atoms with Crippen LogP contribution in [0.2, 0.25) is 10.0 Å². The van der Waals surface area contributed by atoms with Crippen molar-refractivity contribution in [3.8, 4) is 11.6 Å². The van der Waals surface area contributed by atoms with Crippen molar-refractivity contribution < 1.29 is 14.3 Å². The molecule has 136 valence electrons. The van der Waals surface area contributed by atoms with E-state index in [4.69, 9.17) is 27.9 Å². The zero-order valence-electron chi connectivity index (χ0n) is 14.2. The van der Waals surface area contributed by atoms with Crippen molar-refractivity contribution in [1.82, 2.24) is 4.98 Å². The van der Waals surface area contributed by atoms with Gasteiger partial charge in [-0.3, -0.25) is 9.59 Å². The molecule has 0 atom stereocenters. The summed E-state index contributed by atoms with van der Waals surface area (Å²) in [5.74, 6) is 0.281. The highest BCUT2D eigenvalue weighted by atomic mass is 35.5. The third-order valence-corrected chi connectivity index (χ3v) is 4.40. The molecule has 0 saturated carbocycles. The summed E-state index contributed by atoms with van der Waals surface area (Å²) in [6.45, 7) is 1.47. The first-order valence-electron chi connectivity index (χ1n) is 7.94. The lowest BCUT2D eigenvalue weighted by Gasteiger charge is -2.09. The summed E-state index contributed by atoms with van der Waals surface area (Å²) in [5, 5.41) is 3.39. The van der Waals surface area contributed by atoms with Crippen LogP contribution in [0.3, 0.4) is 0 Å². The Morgan fingerprint density at radius 1 is 1.00 bits per heavy atom. The van der Waals surface area contributed by atoms with Crippen LogP contribution < -0.4 is 10.1 Å². The van der Waals surface area contributed by atoms with Crippen molar-refractivity contribution in [3.05, 3.63) is 82.0 Å². The molecule has 1 N–H and O–H groups in total. The first-order valence-corrected chi connectivity index (χ1v) is 8.70. The van der Waals surface area contributed by atoms with Crippen LogP contribution in [0, 0.1) is 0 Å². The Morgan fingerprint density at radius 3 is 2.44 bits per heavy atom. The Labute approximate surface area is 165 Å². The molecule has 2 aromatic carbocycles. The fourth-order valence-electron chi connectivity index (χ4n) is 2.31. The molecule has 0 spiro atoms. The number of carbonyl (C=O) groups excluding carboxylic acids is 2. The van der Waals surface area contributed by atoms with Gasteiger partial charge in [-0.1, -0.05) is 35.3 Å². The Bertz CT molecular complexity index is 1000. The van der Waals surface area contributed by atoms with Gasteiger partial charge < -0.3 is 10.1 Å². The van der Waals surface area contributed by atoms with Crippen LogP contribution in [0.1, 0.15) is 27.6 Å². The molecule has 0 aliphatic carbocycles. The molecule has 27 heavy (non-hydrogen) atoms. The van der Waals surface area contributed by atoms with Gasteiger partial charge in [0.1, 0.15) is 5.75 Å². The van der Waals surface area contributed by atoms with Crippen molar-refractivity contribution in [2.75, 3.05) is 5.32 Å². The second-order valence-electron chi connectivity index (χ2n) is 5.62. The van der Waals surface area contributed by atoms with E-state index in [1.165, 1.54) is 19.2 Å². The van der Waals surface area contributed by atoms with Crippen LogP contribution in [0.25, 0.3) is 0 Å². The van der Waals surface area contributed by atoms with Gasteiger partial charge in [-0.15, -0.1) is 0 Å². The molecular formula is C20H14Cl2N2O3. The lowest BCUT2D eigenvalue weighted by Crippen LogP contribution is -2.12. The van der Waals surface area contributed by atoms with Gasteiger partial charge in [0.25, 0.3) is 5.91 Å². The van der Waals surface area contributed by atoms with Gasteiger partial charge in [0.2, 0.25) is 5.88 Å². The van der Waals surface area contributed by atoms with E-state index in [1.807, 2.05) is 0 Å². The summed E-state index contributed by atoms with van der Waals surface area (Å²) in [6.07, 6.45) is 1.46. The monoisotopic (exact) mass is 400 g/mol. The number of hydrogen-bond donors (Lipinski definition) is 1. The molecule has 0 unspecified atom stereocenters. The number of rotatable bonds is 5. The zero-order chi connectivity index (χ0) is 19.4. The smallest absolute Gasteiger partial charge is 0.255 e. The molecule has 3 aromatic rings. The highest BCUT2D eigenvalue weighted by molar-refractivity contribution is 6.42. The van der Waals surface area contributed by atoms with E-state index in [0.717, 1.165) is 0 Å². The van der Waals surface area contributed by atoms with Gasteiger partial charge in [0.05, 0.1) is 27.5 Å². The maximum atomic E-state index is 12.3. The summed E-state index contributed by atoms with van der Waals surface area (Å²) < 4.78 is 5.67. The van der Waals surface area contributed by atoms with E-state index in [-0.39, 0.29) is 11.7 Å². The Hall–Kier alpha value is -2.89. The highest BCUT2D eigenvalue weighted by Crippen LogP contribution is 2.26. The number of pyridine rings is 1. The van der Waals surface area contributed by atoms with Gasteiger partial charge in [0.15, 0.2) is 5.78 Å². The van der Waals surface area contributed by atoms with Gasteiger partial charge in [0, 0.05) is 11.6 Å². The number of aromatic nitrogens is 1. The van der Waals surface area contributed by atoms with Gasteiger partial charge in [-0.25, -0.2) is 4.98 Å². The first kappa shape index (κ1) is 18.9. The number of amides is 1. The van der Waals surface area contributed by atoms with Gasteiger partial charge in [-0.05, 0) is 43.3 Å². The molecule has 7 heteroatoms. The average Bonchev–Trinajstić information content (AvgIpc) is 2.65. The van der Waals surface area contributed by atoms with Crippen LogP contribution in [0.15, 0.2) is 60.8 Å². The van der Waals surface area contributed by atoms with Crippen molar-refractivity contribution in [3.63, 3.8) is 0 Å². The molecule has 1 amide bonds. The summed E-state index contributed by atoms with van der Waals surface area (Å²) in [7, 11) is 0.